The fourth-order valence-corrected chi connectivity index (χ4v) is 2.73. The van der Waals surface area contributed by atoms with Gasteiger partial charge in [0.2, 0.25) is 11.9 Å². The fraction of sp³-hybridized carbons (Fsp3) is 0.111. The lowest BCUT2D eigenvalue weighted by atomic mass is 10.1. The number of benzene rings is 2. The van der Waals surface area contributed by atoms with Crippen LogP contribution in [-0.4, -0.2) is 34.8 Å². The number of phenolic OH excluding ortho intramolecular Hbond substituents is 2. The van der Waals surface area contributed by atoms with Crippen molar-refractivity contribution in [1.29, 1.82) is 0 Å². The first kappa shape index (κ1) is 16.6. The molecule has 4 rings (SSSR count). The molecule has 2 aromatic heterocycles. The second kappa shape index (κ2) is 6.45. The predicted octanol–water partition coefficient (Wildman–Crippen LogP) is 2.10. The summed E-state index contributed by atoms with van der Waals surface area (Å²) in [5.74, 6) is 0.783. The van der Waals surface area contributed by atoms with E-state index in [4.69, 9.17) is 5.73 Å². The van der Waals surface area contributed by atoms with Gasteiger partial charge in [0.25, 0.3) is 5.78 Å². The molecule has 2 heterocycles. The SMILES string of the molecule is Cc1cccc(CNc2nc(N)n3nc(-c4cc(O)cc(O)c4)nc3n2)c1. The van der Waals surface area contributed by atoms with Crippen LogP contribution in [0.5, 0.6) is 11.5 Å². The fourth-order valence-electron chi connectivity index (χ4n) is 2.73. The first-order chi connectivity index (χ1) is 13.0. The van der Waals surface area contributed by atoms with E-state index in [0.29, 0.717) is 18.1 Å². The number of anilines is 2. The second-order valence-corrected chi connectivity index (χ2v) is 6.13. The quantitative estimate of drug-likeness (QED) is 0.433. The van der Waals surface area contributed by atoms with Crippen molar-refractivity contribution in [3.63, 3.8) is 0 Å². The van der Waals surface area contributed by atoms with E-state index in [1.807, 2.05) is 25.1 Å². The summed E-state index contributed by atoms with van der Waals surface area (Å²) in [6.45, 7) is 2.57. The van der Waals surface area contributed by atoms with Gasteiger partial charge in [0.1, 0.15) is 11.5 Å². The van der Waals surface area contributed by atoms with E-state index >= 15 is 0 Å². The van der Waals surface area contributed by atoms with Gasteiger partial charge in [-0.15, -0.1) is 5.10 Å². The minimum atomic E-state index is -0.0941. The van der Waals surface area contributed by atoms with Gasteiger partial charge in [-0.2, -0.15) is 19.5 Å². The second-order valence-electron chi connectivity index (χ2n) is 6.13. The maximum atomic E-state index is 9.64. The highest BCUT2D eigenvalue weighted by atomic mass is 16.3. The minimum absolute atomic E-state index is 0.0941. The van der Waals surface area contributed by atoms with Gasteiger partial charge in [-0.1, -0.05) is 29.8 Å². The Bertz CT molecular complexity index is 1120. The van der Waals surface area contributed by atoms with Gasteiger partial charge in [-0.3, -0.25) is 0 Å². The molecule has 0 spiro atoms. The van der Waals surface area contributed by atoms with Crippen LogP contribution in [0.3, 0.4) is 0 Å². The molecule has 0 radical (unpaired) electrons. The maximum absolute atomic E-state index is 9.64. The Morgan fingerprint density at radius 2 is 1.81 bits per heavy atom. The van der Waals surface area contributed by atoms with E-state index in [2.05, 4.69) is 31.4 Å². The zero-order valence-corrected chi connectivity index (χ0v) is 14.5. The Kier molecular flexibility index (Phi) is 3.96. The predicted molar refractivity (Wildman–Crippen MR) is 100 cm³/mol. The third kappa shape index (κ3) is 3.43. The van der Waals surface area contributed by atoms with E-state index in [-0.39, 0.29) is 29.0 Å². The molecule has 0 unspecified atom stereocenters. The molecule has 2 aromatic carbocycles. The first-order valence-electron chi connectivity index (χ1n) is 8.21. The van der Waals surface area contributed by atoms with Gasteiger partial charge in [-0.25, -0.2) is 0 Å². The summed E-state index contributed by atoms with van der Waals surface area (Å²) >= 11 is 0. The summed E-state index contributed by atoms with van der Waals surface area (Å²) in [7, 11) is 0. The average molecular weight is 363 g/mol. The summed E-state index contributed by atoms with van der Waals surface area (Å²) in [4.78, 5) is 12.8. The summed E-state index contributed by atoms with van der Waals surface area (Å²) in [5.41, 5.74) is 8.67. The molecule has 4 aromatic rings. The number of hydrogen-bond donors (Lipinski definition) is 4. The number of nitrogen functional groups attached to an aromatic ring is 1. The summed E-state index contributed by atoms with van der Waals surface area (Å²) in [5, 5.41) is 26.6. The number of nitrogens with one attached hydrogen (secondary N) is 1. The van der Waals surface area contributed by atoms with Crippen molar-refractivity contribution in [1.82, 2.24) is 24.6 Å². The smallest absolute Gasteiger partial charge is 0.259 e. The molecular weight excluding hydrogens is 346 g/mol. The summed E-state index contributed by atoms with van der Waals surface area (Å²) in [6, 6.07) is 12.2. The Morgan fingerprint density at radius 3 is 2.56 bits per heavy atom. The zero-order valence-electron chi connectivity index (χ0n) is 14.5. The lowest BCUT2D eigenvalue weighted by molar-refractivity contribution is 0.451. The number of rotatable bonds is 4. The Labute approximate surface area is 154 Å². The van der Waals surface area contributed by atoms with Crippen molar-refractivity contribution in [3.05, 3.63) is 53.6 Å². The molecule has 0 aliphatic carbocycles. The van der Waals surface area contributed by atoms with E-state index in [9.17, 15) is 10.2 Å². The normalized spacial score (nSPS) is 11.0. The standard InChI is InChI=1S/C18H17N7O2/c1-10-3-2-4-11(5-10)9-20-17-22-16(19)25-18(23-17)21-15(24-25)12-6-13(26)8-14(27)7-12/h2-8,26-27H,9H2,1H3,(H3,19,20,21,22,23,24). The Hall–Kier alpha value is -3.88. The third-order valence-electron chi connectivity index (χ3n) is 3.93. The maximum Gasteiger partial charge on any atom is 0.259 e. The molecule has 0 aliphatic rings. The number of nitrogens with zero attached hydrogens (tertiary/aromatic N) is 5. The van der Waals surface area contributed by atoms with Crippen LogP contribution in [-0.2, 0) is 6.54 Å². The highest BCUT2D eigenvalue weighted by molar-refractivity contribution is 5.62. The van der Waals surface area contributed by atoms with Crippen molar-refractivity contribution in [2.24, 2.45) is 0 Å². The molecule has 9 heteroatoms. The van der Waals surface area contributed by atoms with Crippen molar-refractivity contribution < 1.29 is 10.2 Å². The number of aromatic hydroxyl groups is 2. The molecule has 27 heavy (non-hydrogen) atoms. The van der Waals surface area contributed by atoms with Crippen molar-refractivity contribution in [2.45, 2.75) is 13.5 Å². The topological polar surface area (TPSA) is 134 Å². The van der Waals surface area contributed by atoms with E-state index < -0.39 is 0 Å². The highest BCUT2D eigenvalue weighted by Gasteiger charge is 2.13. The number of hydrogen-bond acceptors (Lipinski definition) is 8. The van der Waals surface area contributed by atoms with Crippen LogP contribution in [0, 0.1) is 6.92 Å². The van der Waals surface area contributed by atoms with Gasteiger partial charge in [0.05, 0.1) is 0 Å². The zero-order chi connectivity index (χ0) is 19.0. The molecule has 0 bridgehead atoms. The largest absolute Gasteiger partial charge is 0.508 e. The molecule has 9 nitrogen and oxygen atoms in total. The molecule has 0 aliphatic heterocycles. The molecular formula is C18H17N7O2. The van der Waals surface area contributed by atoms with Crippen LogP contribution in [0.25, 0.3) is 17.2 Å². The average Bonchev–Trinajstić information content (AvgIpc) is 3.04. The van der Waals surface area contributed by atoms with Crippen molar-refractivity contribution >= 4 is 17.7 Å². The first-order valence-corrected chi connectivity index (χ1v) is 8.21. The van der Waals surface area contributed by atoms with Crippen LogP contribution in [0.15, 0.2) is 42.5 Å². The van der Waals surface area contributed by atoms with Crippen LogP contribution < -0.4 is 11.1 Å². The lowest BCUT2D eigenvalue weighted by Crippen LogP contribution is -2.09. The number of fused-ring (bicyclic) bond motifs is 1. The van der Waals surface area contributed by atoms with Crippen LogP contribution in [0.1, 0.15) is 11.1 Å². The van der Waals surface area contributed by atoms with Crippen molar-refractivity contribution in [3.8, 4) is 22.9 Å². The highest BCUT2D eigenvalue weighted by Crippen LogP contribution is 2.27. The molecule has 5 N–H and O–H groups in total. The molecule has 0 saturated carbocycles. The number of phenols is 2. The van der Waals surface area contributed by atoms with Crippen molar-refractivity contribution in [2.75, 3.05) is 11.1 Å². The van der Waals surface area contributed by atoms with Gasteiger partial charge in [-0.05, 0) is 24.6 Å². The minimum Gasteiger partial charge on any atom is -0.508 e. The molecule has 0 amide bonds. The van der Waals surface area contributed by atoms with E-state index in [1.165, 1.54) is 28.3 Å². The molecule has 0 fully saturated rings. The molecule has 136 valence electrons. The van der Waals surface area contributed by atoms with Crippen LogP contribution in [0.2, 0.25) is 0 Å². The summed E-state index contributed by atoms with van der Waals surface area (Å²) < 4.78 is 1.30. The number of aryl methyl sites for hydroxylation is 1. The number of aromatic nitrogens is 5. The Morgan fingerprint density at radius 1 is 1.04 bits per heavy atom. The Balaban J connectivity index is 1.65. The monoisotopic (exact) mass is 363 g/mol. The lowest BCUT2D eigenvalue weighted by Gasteiger charge is -2.06. The van der Waals surface area contributed by atoms with Crippen LogP contribution in [0.4, 0.5) is 11.9 Å². The van der Waals surface area contributed by atoms with Crippen LogP contribution >= 0.6 is 0 Å². The van der Waals surface area contributed by atoms with Gasteiger partial charge >= 0.3 is 0 Å². The van der Waals surface area contributed by atoms with E-state index in [1.54, 1.807) is 0 Å². The summed E-state index contributed by atoms with van der Waals surface area (Å²) in [6.07, 6.45) is 0. The van der Waals surface area contributed by atoms with E-state index in [0.717, 1.165) is 5.56 Å². The number of nitrogens with two attached hydrogens (primary N) is 1. The third-order valence-corrected chi connectivity index (χ3v) is 3.93. The molecule has 0 atom stereocenters. The van der Waals surface area contributed by atoms with Gasteiger partial charge in [0, 0.05) is 18.2 Å². The van der Waals surface area contributed by atoms with Gasteiger partial charge in [0.15, 0.2) is 5.82 Å². The molecule has 0 saturated heterocycles. The van der Waals surface area contributed by atoms with Gasteiger partial charge < -0.3 is 21.3 Å².